The fraction of sp³-hybridized carbons (Fsp3) is 0.769. The van der Waals surface area contributed by atoms with E-state index in [2.05, 4.69) is 0 Å². The molecule has 0 aromatic heterocycles. The van der Waals surface area contributed by atoms with Gasteiger partial charge in [-0.2, -0.15) is 0 Å². The molecule has 0 spiro atoms. The fourth-order valence-corrected chi connectivity index (χ4v) is 1.26. The number of carbonyl (C=O) groups is 1. The molecule has 1 atom stereocenters. The number of aliphatic hydroxyl groups excluding tert-OH is 1. The molecule has 16 heavy (non-hydrogen) atoms. The van der Waals surface area contributed by atoms with E-state index in [9.17, 15) is 9.90 Å². The van der Waals surface area contributed by atoms with Crippen molar-refractivity contribution in [1.29, 1.82) is 0 Å². The van der Waals surface area contributed by atoms with Crippen molar-refractivity contribution in [3.05, 3.63) is 12.2 Å². The Balaban J connectivity index is 4.43. The molecular weight excluding hydrogens is 204 g/mol. The van der Waals surface area contributed by atoms with Gasteiger partial charge < -0.3 is 9.84 Å². The Hall–Kier alpha value is -0.830. The van der Waals surface area contributed by atoms with E-state index in [1.807, 2.05) is 41.5 Å². The van der Waals surface area contributed by atoms with Gasteiger partial charge >= 0.3 is 5.97 Å². The summed E-state index contributed by atoms with van der Waals surface area (Å²) in [5.74, 6) is -0.371. The van der Waals surface area contributed by atoms with Gasteiger partial charge in [0, 0.05) is 11.5 Å². The lowest BCUT2D eigenvalue weighted by Crippen LogP contribution is -2.27. The first kappa shape index (κ1) is 15.2. The van der Waals surface area contributed by atoms with Crippen LogP contribution in [-0.2, 0) is 9.53 Å². The summed E-state index contributed by atoms with van der Waals surface area (Å²) >= 11 is 0. The Kier molecular flexibility index (Phi) is 5.20. The summed E-state index contributed by atoms with van der Waals surface area (Å²) in [5, 5.41) is 9.73. The predicted octanol–water partition coefficient (Wildman–Crippen LogP) is 2.68. The van der Waals surface area contributed by atoms with Crippen molar-refractivity contribution < 1.29 is 14.6 Å². The van der Waals surface area contributed by atoms with Crippen molar-refractivity contribution in [2.75, 3.05) is 0 Å². The summed E-state index contributed by atoms with van der Waals surface area (Å²) in [5.41, 5.74) is -0.888. The van der Waals surface area contributed by atoms with Crippen LogP contribution in [0.4, 0.5) is 0 Å². The molecule has 0 aromatic rings. The van der Waals surface area contributed by atoms with E-state index < -0.39 is 17.1 Å². The van der Waals surface area contributed by atoms with Crippen LogP contribution in [0.1, 0.15) is 48.0 Å². The average molecular weight is 228 g/mol. The number of carbonyl (C=O) groups excluding carboxylic acids is 1. The molecule has 0 aromatic carbocycles. The molecule has 0 radical (unpaired) electrons. The third-order valence-electron chi connectivity index (χ3n) is 2.30. The standard InChI is InChI=1S/C13H24O3/c1-7-10(14)13(5,6)9-8-11(15)16-12(2,3)4/h8-10,14H,7H2,1-6H3/b9-8+/t10-/m0/s1. The lowest BCUT2D eigenvalue weighted by molar-refractivity contribution is -0.148. The van der Waals surface area contributed by atoms with Gasteiger partial charge in [-0.3, -0.25) is 0 Å². The van der Waals surface area contributed by atoms with Gasteiger partial charge in [0.2, 0.25) is 0 Å². The first-order valence-electron chi connectivity index (χ1n) is 5.69. The van der Waals surface area contributed by atoms with Gasteiger partial charge in [-0.05, 0) is 27.2 Å². The molecule has 3 heteroatoms. The van der Waals surface area contributed by atoms with Crippen molar-refractivity contribution in [2.45, 2.75) is 59.7 Å². The molecule has 0 saturated heterocycles. The first-order chi connectivity index (χ1) is 7.08. The number of rotatable bonds is 4. The molecule has 0 unspecified atom stereocenters. The average Bonchev–Trinajstić information content (AvgIpc) is 2.11. The van der Waals surface area contributed by atoms with Crippen molar-refractivity contribution in [1.82, 2.24) is 0 Å². The SMILES string of the molecule is CC[C@H](O)C(C)(C)/C=C/C(=O)OC(C)(C)C. The van der Waals surface area contributed by atoms with E-state index in [0.29, 0.717) is 6.42 Å². The third-order valence-corrected chi connectivity index (χ3v) is 2.30. The van der Waals surface area contributed by atoms with Crippen LogP contribution in [-0.4, -0.2) is 22.8 Å². The van der Waals surface area contributed by atoms with Gasteiger partial charge in [-0.1, -0.05) is 26.8 Å². The second-order valence-electron chi connectivity index (χ2n) is 5.61. The molecule has 0 rings (SSSR count). The maximum Gasteiger partial charge on any atom is 0.330 e. The number of esters is 1. The van der Waals surface area contributed by atoms with E-state index in [0.717, 1.165) is 0 Å². The van der Waals surface area contributed by atoms with Crippen molar-refractivity contribution in [2.24, 2.45) is 5.41 Å². The highest BCUT2D eigenvalue weighted by atomic mass is 16.6. The highest BCUT2D eigenvalue weighted by Gasteiger charge is 2.24. The smallest absolute Gasteiger partial charge is 0.330 e. The molecule has 0 heterocycles. The summed E-state index contributed by atoms with van der Waals surface area (Å²) < 4.78 is 5.14. The van der Waals surface area contributed by atoms with Crippen LogP contribution in [0.3, 0.4) is 0 Å². The summed E-state index contributed by atoms with van der Waals surface area (Å²) in [7, 11) is 0. The molecule has 0 aliphatic heterocycles. The second-order valence-corrected chi connectivity index (χ2v) is 5.61. The zero-order valence-corrected chi connectivity index (χ0v) is 11.2. The second kappa shape index (κ2) is 5.48. The summed E-state index contributed by atoms with van der Waals surface area (Å²) in [6, 6.07) is 0. The summed E-state index contributed by atoms with van der Waals surface area (Å²) in [6.07, 6.45) is 3.30. The zero-order valence-electron chi connectivity index (χ0n) is 11.2. The number of aliphatic hydroxyl groups is 1. The molecule has 3 nitrogen and oxygen atoms in total. The lowest BCUT2D eigenvalue weighted by Gasteiger charge is -2.26. The predicted molar refractivity (Wildman–Crippen MR) is 65.1 cm³/mol. The molecule has 0 amide bonds. The van der Waals surface area contributed by atoms with Crippen molar-refractivity contribution in [3.63, 3.8) is 0 Å². The van der Waals surface area contributed by atoms with Gasteiger partial charge in [0.25, 0.3) is 0 Å². The fourth-order valence-electron chi connectivity index (χ4n) is 1.26. The van der Waals surface area contributed by atoms with E-state index in [1.54, 1.807) is 6.08 Å². The molecule has 94 valence electrons. The van der Waals surface area contributed by atoms with Crippen LogP contribution in [0.15, 0.2) is 12.2 Å². The van der Waals surface area contributed by atoms with Gasteiger partial charge in [-0.15, -0.1) is 0 Å². The van der Waals surface area contributed by atoms with Gasteiger partial charge in [0.05, 0.1) is 6.10 Å². The largest absolute Gasteiger partial charge is 0.457 e. The minimum atomic E-state index is -0.477. The Morgan fingerprint density at radius 3 is 2.19 bits per heavy atom. The van der Waals surface area contributed by atoms with E-state index in [1.165, 1.54) is 6.08 Å². The first-order valence-corrected chi connectivity index (χ1v) is 5.69. The van der Waals surface area contributed by atoms with Gasteiger partial charge in [0.1, 0.15) is 5.60 Å². The topological polar surface area (TPSA) is 46.5 Å². The zero-order chi connectivity index (χ0) is 13.0. The minimum absolute atomic E-state index is 0.371. The Morgan fingerprint density at radius 1 is 1.31 bits per heavy atom. The van der Waals surface area contributed by atoms with Crippen LogP contribution >= 0.6 is 0 Å². The van der Waals surface area contributed by atoms with E-state index in [-0.39, 0.29) is 5.97 Å². The lowest BCUT2D eigenvalue weighted by atomic mass is 9.85. The number of hydrogen-bond acceptors (Lipinski definition) is 3. The van der Waals surface area contributed by atoms with E-state index in [4.69, 9.17) is 4.74 Å². The highest BCUT2D eigenvalue weighted by Crippen LogP contribution is 2.24. The van der Waals surface area contributed by atoms with Gasteiger partial charge in [0.15, 0.2) is 0 Å². The highest BCUT2D eigenvalue weighted by molar-refractivity contribution is 5.82. The molecule has 0 aliphatic carbocycles. The van der Waals surface area contributed by atoms with Crippen LogP contribution in [0.5, 0.6) is 0 Å². The number of ether oxygens (including phenoxy) is 1. The molecule has 1 N–H and O–H groups in total. The third kappa shape index (κ3) is 5.91. The van der Waals surface area contributed by atoms with Crippen molar-refractivity contribution in [3.8, 4) is 0 Å². The van der Waals surface area contributed by atoms with Crippen LogP contribution in [0.2, 0.25) is 0 Å². The van der Waals surface area contributed by atoms with Crippen LogP contribution < -0.4 is 0 Å². The summed E-state index contributed by atoms with van der Waals surface area (Å²) in [6.45, 7) is 11.2. The Bertz CT molecular complexity index is 259. The van der Waals surface area contributed by atoms with Crippen LogP contribution in [0, 0.1) is 5.41 Å². The van der Waals surface area contributed by atoms with E-state index >= 15 is 0 Å². The molecular formula is C13H24O3. The summed E-state index contributed by atoms with van der Waals surface area (Å²) in [4.78, 5) is 11.4. The Morgan fingerprint density at radius 2 is 1.81 bits per heavy atom. The molecule has 0 fully saturated rings. The van der Waals surface area contributed by atoms with Crippen molar-refractivity contribution >= 4 is 5.97 Å². The molecule has 0 bridgehead atoms. The molecule has 0 aliphatic rings. The number of hydrogen-bond donors (Lipinski definition) is 1. The Labute approximate surface area is 98.5 Å². The quantitative estimate of drug-likeness (QED) is 0.594. The van der Waals surface area contributed by atoms with Crippen LogP contribution in [0.25, 0.3) is 0 Å². The minimum Gasteiger partial charge on any atom is -0.457 e. The maximum absolute atomic E-state index is 11.4. The molecule has 0 saturated carbocycles. The van der Waals surface area contributed by atoms with Gasteiger partial charge in [-0.25, -0.2) is 4.79 Å². The monoisotopic (exact) mass is 228 g/mol. The normalized spacial score (nSPS) is 15.2. The maximum atomic E-state index is 11.4.